The lowest BCUT2D eigenvalue weighted by atomic mass is 9.87. The van der Waals surface area contributed by atoms with Crippen LogP contribution in [-0.2, 0) is 9.53 Å². The number of methoxy groups -OCH3 is 1. The quantitative estimate of drug-likeness (QED) is 0.711. The minimum Gasteiger partial charge on any atom is -0.381 e. The van der Waals surface area contributed by atoms with E-state index in [2.05, 4.69) is 5.32 Å². The first-order chi connectivity index (χ1) is 6.99. The molecule has 1 atom stereocenters. The number of amides is 1. The van der Waals surface area contributed by atoms with E-state index in [-0.39, 0.29) is 11.9 Å². The van der Waals surface area contributed by atoms with Crippen molar-refractivity contribution >= 4 is 5.91 Å². The van der Waals surface area contributed by atoms with Gasteiger partial charge in [-0.15, -0.1) is 0 Å². The summed E-state index contributed by atoms with van der Waals surface area (Å²) in [7, 11) is 1.70. The molecule has 0 aromatic rings. The third kappa shape index (κ3) is 3.18. The van der Waals surface area contributed by atoms with Crippen molar-refractivity contribution in [2.45, 2.75) is 57.2 Å². The van der Waals surface area contributed by atoms with E-state index in [1.807, 2.05) is 6.92 Å². The highest BCUT2D eigenvalue weighted by Gasteiger charge is 2.34. The highest BCUT2D eigenvalue weighted by Crippen LogP contribution is 2.23. The average Bonchev–Trinajstić information content (AvgIpc) is 2.09. The van der Waals surface area contributed by atoms with Crippen molar-refractivity contribution in [2.75, 3.05) is 7.11 Å². The number of carbonyl (C=O) groups excluding carboxylic acids is 1. The van der Waals surface area contributed by atoms with Crippen molar-refractivity contribution < 1.29 is 9.53 Å². The van der Waals surface area contributed by atoms with Crippen molar-refractivity contribution in [2.24, 2.45) is 5.73 Å². The maximum absolute atomic E-state index is 11.8. The van der Waals surface area contributed by atoms with Crippen molar-refractivity contribution in [3.63, 3.8) is 0 Å². The third-order valence-corrected chi connectivity index (χ3v) is 3.05. The van der Waals surface area contributed by atoms with E-state index < -0.39 is 5.54 Å². The molecule has 15 heavy (non-hydrogen) atoms. The molecule has 0 aromatic carbocycles. The minimum absolute atomic E-state index is 0.0381. The standard InChI is InChI=1S/C11H22N2O2/c1-4-5-11(2,12)10(14)13-8-6-9(7-8)15-3/h8-9H,4-7,12H2,1-3H3,(H,13,14). The molecule has 3 N–H and O–H groups in total. The third-order valence-electron chi connectivity index (χ3n) is 3.05. The molecule has 1 rings (SSSR count). The van der Waals surface area contributed by atoms with Gasteiger partial charge in [0, 0.05) is 13.2 Å². The van der Waals surface area contributed by atoms with E-state index in [9.17, 15) is 4.79 Å². The first-order valence-electron chi connectivity index (χ1n) is 5.62. The van der Waals surface area contributed by atoms with Crippen LogP contribution in [0.4, 0.5) is 0 Å². The summed E-state index contributed by atoms with van der Waals surface area (Å²) < 4.78 is 5.15. The molecule has 0 saturated heterocycles. The van der Waals surface area contributed by atoms with Crippen LogP contribution < -0.4 is 11.1 Å². The van der Waals surface area contributed by atoms with Gasteiger partial charge < -0.3 is 15.8 Å². The average molecular weight is 214 g/mol. The molecule has 1 amide bonds. The molecule has 0 radical (unpaired) electrons. The number of ether oxygens (including phenoxy) is 1. The maximum Gasteiger partial charge on any atom is 0.240 e. The fourth-order valence-corrected chi connectivity index (χ4v) is 1.86. The summed E-state index contributed by atoms with van der Waals surface area (Å²) in [5.41, 5.74) is 5.19. The molecular formula is C11H22N2O2. The summed E-state index contributed by atoms with van der Waals surface area (Å²) in [4.78, 5) is 11.8. The molecule has 1 aliphatic rings. The van der Waals surface area contributed by atoms with E-state index in [1.165, 1.54) is 0 Å². The summed E-state index contributed by atoms with van der Waals surface area (Å²) in [6, 6.07) is 0.252. The molecule has 4 nitrogen and oxygen atoms in total. The Hall–Kier alpha value is -0.610. The maximum atomic E-state index is 11.8. The molecule has 88 valence electrons. The summed E-state index contributed by atoms with van der Waals surface area (Å²) >= 11 is 0. The van der Waals surface area contributed by atoms with Gasteiger partial charge in [0.15, 0.2) is 0 Å². The Morgan fingerprint density at radius 1 is 1.60 bits per heavy atom. The smallest absolute Gasteiger partial charge is 0.240 e. The minimum atomic E-state index is -0.729. The number of hydrogen-bond acceptors (Lipinski definition) is 3. The van der Waals surface area contributed by atoms with E-state index in [0.29, 0.717) is 6.10 Å². The number of rotatable bonds is 5. The Morgan fingerprint density at radius 3 is 2.67 bits per heavy atom. The SMILES string of the molecule is CCCC(C)(N)C(=O)NC1CC(OC)C1. The largest absolute Gasteiger partial charge is 0.381 e. The zero-order chi connectivity index (χ0) is 11.5. The van der Waals surface area contributed by atoms with Crippen LogP contribution in [0.25, 0.3) is 0 Å². The second-order valence-electron chi connectivity index (χ2n) is 4.67. The number of carbonyl (C=O) groups is 1. The Morgan fingerprint density at radius 2 is 2.20 bits per heavy atom. The number of nitrogens with two attached hydrogens (primary N) is 1. The van der Waals surface area contributed by atoms with Crippen molar-refractivity contribution in [3.8, 4) is 0 Å². The summed E-state index contributed by atoms with van der Waals surface area (Å²) in [5.74, 6) is -0.0381. The monoisotopic (exact) mass is 214 g/mol. The molecule has 0 aromatic heterocycles. The molecule has 0 heterocycles. The van der Waals surface area contributed by atoms with Gasteiger partial charge in [0.1, 0.15) is 0 Å². The summed E-state index contributed by atoms with van der Waals surface area (Å²) in [6.45, 7) is 3.82. The van der Waals surface area contributed by atoms with Gasteiger partial charge in [-0.1, -0.05) is 13.3 Å². The summed E-state index contributed by atoms with van der Waals surface area (Å²) in [5, 5.41) is 2.96. The van der Waals surface area contributed by atoms with Crippen LogP contribution in [0.15, 0.2) is 0 Å². The first kappa shape index (κ1) is 12.5. The fraction of sp³-hybridized carbons (Fsp3) is 0.909. The van der Waals surface area contributed by atoms with Gasteiger partial charge in [-0.05, 0) is 26.2 Å². The molecular weight excluding hydrogens is 192 g/mol. The zero-order valence-electron chi connectivity index (χ0n) is 9.88. The van der Waals surface area contributed by atoms with Crippen molar-refractivity contribution in [1.82, 2.24) is 5.32 Å². The zero-order valence-corrected chi connectivity index (χ0v) is 9.88. The van der Waals surface area contributed by atoms with Gasteiger partial charge in [-0.2, -0.15) is 0 Å². The van der Waals surface area contributed by atoms with Crippen LogP contribution in [0, 0.1) is 0 Å². The van der Waals surface area contributed by atoms with E-state index in [0.717, 1.165) is 25.7 Å². The number of hydrogen-bond donors (Lipinski definition) is 2. The molecule has 0 bridgehead atoms. The second-order valence-corrected chi connectivity index (χ2v) is 4.67. The lowest BCUT2D eigenvalue weighted by molar-refractivity contribution is -0.128. The first-order valence-corrected chi connectivity index (χ1v) is 5.62. The molecule has 1 aliphatic carbocycles. The topological polar surface area (TPSA) is 64.4 Å². The Balaban J connectivity index is 2.30. The Labute approximate surface area is 91.5 Å². The fourth-order valence-electron chi connectivity index (χ4n) is 1.86. The molecule has 1 fully saturated rings. The highest BCUT2D eigenvalue weighted by molar-refractivity contribution is 5.85. The van der Waals surface area contributed by atoms with Gasteiger partial charge >= 0.3 is 0 Å². The second kappa shape index (κ2) is 4.94. The highest BCUT2D eigenvalue weighted by atomic mass is 16.5. The van der Waals surface area contributed by atoms with Gasteiger partial charge in [0.05, 0.1) is 11.6 Å². The van der Waals surface area contributed by atoms with Crippen LogP contribution in [-0.4, -0.2) is 30.7 Å². The van der Waals surface area contributed by atoms with E-state index in [4.69, 9.17) is 10.5 Å². The van der Waals surface area contributed by atoms with Gasteiger partial charge in [-0.3, -0.25) is 4.79 Å². The van der Waals surface area contributed by atoms with E-state index in [1.54, 1.807) is 14.0 Å². The lowest BCUT2D eigenvalue weighted by Gasteiger charge is -2.36. The molecule has 1 unspecified atom stereocenters. The van der Waals surface area contributed by atoms with Crippen LogP contribution in [0.5, 0.6) is 0 Å². The van der Waals surface area contributed by atoms with Crippen molar-refractivity contribution in [1.29, 1.82) is 0 Å². The predicted molar refractivity (Wildman–Crippen MR) is 59.5 cm³/mol. The van der Waals surface area contributed by atoms with Gasteiger partial charge in [0.25, 0.3) is 0 Å². The van der Waals surface area contributed by atoms with E-state index >= 15 is 0 Å². The van der Waals surface area contributed by atoms with Crippen LogP contribution in [0.3, 0.4) is 0 Å². The van der Waals surface area contributed by atoms with Gasteiger partial charge in [0.2, 0.25) is 5.91 Å². The molecule has 0 spiro atoms. The van der Waals surface area contributed by atoms with Crippen LogP contribution in [0.1, 0.15) is 39.5 Å². The van der Waals surface area contributed by atoms with Gasteiger partial charge in [-0.25, -0.2) is 0 Å². The van der Waals surface area contributed by atoms with Crippen LogP contribution >= 0.6 is 0 Å². The Kier molecular flexibility index (Phi) is 4.11. The predicted octanol–water partition coefficient (Wildman–Crippen LogP) is 0.797. The number of nitrogens with one attached hydrogen (secondary N) is 1. The Bertz CT molecular complexity index is 223. The van der Waals surface area contributed by atoms with Crippen LogP contribution in [0.2, 0.25) is 0 Å². The lowest BCUT2D eigenvalue weighted by Crippen LogP contribution is -2.57. The molecule has 4 heteroatoms. The normalized spacial score (nSPS) is 29.1. The molecule has 0 aliphatic heterocycles. The summed E-state index contributed by atoms with van der Waals surface area (Å²) in [6.07, 6.45) is 3.77. The molecule has 1 saturated carbocycles. The van der Waals surface area contributed by atoms with Crippen molar-refractivity contribution in [3.05, 3.63) is 0 Å².